The van der Waals surface area contributed by atoms with Crippen molar-refractivity contribution in [2.24, 2.45) is 0 Å². The molecule has 1 aliphatic rings. The minimum atomic E-state index is -1.52. The fourth-order valence-corrected chi connectivity index (χ4v) is 2.68. The lowest BCUT2D eigenvalue weighted by Crippen LogP contribution is -2.34. The summed E-state index contributed by atoms with van der Waals surface area (Å²) in [5.41, 5.74) is 0.670. The van der Waals surface area contributed by atoms with E-state index in [2.05, 4.69) is 0 Å². The van der Waals surface area contributed by atoms with Crippen LogP contribution in [0.15, 0.2) is 30.3 Å². The van der Waals surface area contributed by atoms with Crippen molar-refractivity contribution in [3.63, 3.8) is 0 Å². The van der Waals surface area contributed by atoms with Gasteiger partial charge in [-0.25, -0.2) is 4.79 Å². The lowest BCUT2D eigenvalue weighted by atomic mass is 9.93. The molecule has 0 saturated heterocycles. The Labute approximate surface area is 135 Å². The summed E-state index contributed by atoms with van der Waals surface area (Å²) in [7, 11) is 0. The van der Waals surface area contributed by atoms with Gasteiger partial charge in [0, 0.05) is 29.7 Å². The molecule has 8 heteroatoms. The first-order valence-corrected chi connectivity index (χ1v) is 6.98. The van der Waals surface area contributed by atoms with E-state index in [1.165, 1.54) is 24.3 Å². The number of carboxylic acid groups (broad SMARTS) is 1. The quantitative estimate of drug-likeness (QED) is 0.416. The van der Waals surface area contributed by atoms with Gasteiger partial charge in [0.05, 0.1) is 0 Å². The minimum Gasteiger partial charge on any atom is -0.508 e. The third-order valence-corrected chi connectivity index (χ3v) is 3.75. The van der Waals surface area contributed by atoms with Crippen LogP contribution >= 0.6 is 0 Å². The number of benzene rings is 2. The van der Waals surface area contributed by atoms with E-state index in [9.17, 15) is 25.2 Å². The number of carbonyl (C=O) groups is 1. The molecule has 0 saturated carbocycles. The highest BCUT2D eigenvalue weighted by Gasteiger charge is 2.36. The molecule has 0 unspecified atom stereocenters. The molecular formula is C16H14O8. The predicted octanol–water partition coefficient (Wildman–Crippen LogP) is 2.25. The molecule has 8 nitrogen and oxygen atoms in total. The zero-order chi connectivity index (χ0) is 17.4. The molecule has 0 spiro atoms. The first-order valence-electron chi connectivity index (χ1n) is 6.98. The van der Waals surface area contributed by atoms with Gasteiger partial charge >= 0.3 is 6.16 Å². The Balaban J connectivity index is 2.04. The van der Waals surface area contributed by atoms with E-state index in [-0.39, 0.29) is 29.4 Å². The summed E-state index contributed by atoms with van der Waals surface area (Å²) in [5, 5.41) is 47.5. The van der Waals surface area contributed by atoms with E-state index in [0.717, 1.165) is 6.07 Å². The molecule has 0 bridgehead atoms. The Morgan fingerprint density at radius 1 is 1.04 bits per heavy atom. The summed E-state index contributed by atoms with van der Waals surface area (Å²) in [6, 6.07) is 6.32. The Kier molecular flexibility index (Phi) is 3.72. The maximum atomic E-state index is 10.9. The second-order valence-electron chi connectivity index (χ2n) is 5.35. The highest BCUT2D eigenvalue weighted by Crippen LogP contribution is 2.43. The van der Waals surface area contributed by atoms with Gasteiger partial charge in [-0.15, -0.1) is 0 Å². The van der Waals surface area contributed by atoms with E-state index in [0.29, 0.717) is 11.1 Å². The number of ether oxygens (including phenoxy) is 2. The van der Waals surface area contributed by atoms with Crippen molar-refractivity contribution in [3.05, 3.63) is 41.5 Å². The average molecular weight is 334 g/mol. The molecule has 5 N–H and O–H groups in total. The van der Waals surface area contributed by atoms with Crippen LogP contribution in [0.1, 0.15) is 17.2 Å². The molecule has 3 rings (SSSR count). The van der Waals surface area contributed by atoms with Crippen LogP contribution in [0, 0.1) is 0 Å². The molecule has 0 amide bonds. The van der Waals surface area contributed by atoms with Crippen LogP contribution < -0.4 is 4.74 Å². The molecule has 1 heterocycles. The average Bonchev–Trinajstić information content (AvgIpc) is 2.49. The largest absolute Gasteiger partial charge is 0.508 e. The van der Waals surface area contributed by atoms with Gasteiger partial charge < -0.3 is 35.0 Å². The third kappa shape index (κ3) is 2.81. The van der Waals surface area contributed by atoms with Gasteiger partial charge in [-0.3, -0.25) is 0 Å². The third-order valence-electron chi connectivity index (χ3n) is 3.75. The van der Waals surface area contributed by atoms with Crippen molar-refractivity contribution in [1.29, 1.82) is 0 Å². The Morgan fingerprint density at radius 2 is 1.79 bits per heavy atom. The number of fused-ring (bicyclic) bond motifs is 1. The maximum Gasteiger partial charge on any atom is 0.506 e. The van der Waals surface area contributed by atoms with Crippen LogP contribution in [0.3, 0.4) is 0 Å². The molecule has 0 aliphatic carbocycles. The summed E-state index contributed by atoms with van der Waals surface area (Å²) in [4.78, 5) is 10.9. The maximum absolute atomic E-state index is 10.9. The lowest BCUT2D eigenvalue weighted by molar-refractivity contribution is -0.0191. The minimum absolute atomic E-state index is 0.0139. The van der Waals surface area contributed by atoms with Gasteiger partial charge in [-0.1, -0.05) is 6.07 Å². The number of hydrogen-bond acceptors (Lipinski definition) is 7. The summed E-state index contributed by atoms with van der Waals surface area (Å²) >= 11 is 0. The van der Waals surface area contributed by atoms with Crippen LogP contribution in [0.25, 0.3) is 0 Å². The van der Waals surface area contributed by atoms with E-state index < -0.39 is 24.1 Å². The lowest BCUT2D eigenvalue weighted by Gasteiger charge is -2.33. The van der Waals surface area contributed by atoms with Crippen LogP contribution in [0.4, 0.5) is 4.79 Å². The SMILES string of the molecule is O=C(O)O[C@@H]1Cc2c(O)cc(O)cc2O[C@@H]1c1ccc(O)c(O)c1. The van der Waals surface area contributed by atoms with Gasteiger partial charge in [0.25, 0.3) is 0 Å². The Morgan fingerprint density at radius 3 is 2.46 bits per heavy atom. The zero-order valence-electron chi connectivity index (χ0n) is 12.2. The highest BCUT2D eigenvalue weighted by molar-refractivity contribution is 5.58. The molecule has 0 fully saturated rings. The van der Waals surface area contributed by atoms with E-state index >= 15 is 0 Å². The highest BCUT2D eigenvalue weighted by atomic mass is 16.7. The van der Waals surface area contributed by atoms with Crippen molar-refractivity contribution in [3.8, 4) is 28.7 Å². The number of rotatable bonds is 2. The van der Waals surface area contributed by atoms with Crippen molar-refractivity contribution in [2.75, 3.05) is 0 Å². The molecular weight excluding hydrogens is 320 g/mol. The molecule has 2 aromatic rings. The molecule has 1 aliphatic heterocycles. The smallest absolute Gasteiger partial charge is 0.506 e. The van der Waals surface area contributed by atoms with Crippen molar-refractivity contribution < 1.29 is 39.8 Å². The number of phenols is 4. The molecule has 126 valence electrons. The molecule has 0 radical (unpaired) electrons. The van der Waals surface area contributed by atoms with Gasteiger partial charge in [-0.2, -0.15) is 0 Å². The van der Waals surface area contributed by atoms with Crippen molar-refractivity contribution in [1.82, 2.24) is 0 Å². The van der Waals surface area contributed by atoms with Gasteiger partial charge in [0.2, 0.25) is 0 Å². The molecule has 2 atom stereocenters. The van der Waals surface area contributed by atoms with Gasteiger partial charge in [-0.05, 0) is 12.1 Å². The van der Waals surface area contributed by atoms with Crippen LogP contribution in [-0.2, 0) is 11.2 Å². The first kappa shape index (κ1) is 15.6. The van der Waals surface area contributed by atoms with E-state index in [1.54, 1.807) is 0 Å². The number of phenolic OH excluding ortho intramolecular Hbond substituents is 4. The Bertz CT molecular complexity index is 801. The second kappa shape index (κ2) is 5.73. The Hall–Kier alpha value is -3.29. The van der Waals surface area contributed by atoms with Crippen LogP contribution in [0.2, 0.25) is 0 Å². The number of aromatic hydroxyl groups is 4. The number of hydrogen-bond donors (Lipinski definition) is 5. The van der Waals surface area contributed by atoms with Crippen LogP contribution in [-0.4, -0.2) is 37.8 Å². The van der Waals surface area contributed by atoms with Gasteiger partial charge in [0.1, 0.15) is 17.2 Å². The van der Waals surface area contributed by atoms with Crippen LogP contribution in [0.5, 0.6) is 28.7 Å². The zero-order valence-corrected chi connectivity index (χ0v) is 12.2. The summed E-state index contributed by atoms with van der Waals surface area (Å²) < 4.78 is 10.5. The molecule has 24 heavy (non-hydrogen) atoms. The predicted molar refractivity (Wildman–Crippen MR) is 79.5 cm³/mol. The second-order valence-corrected chi connectivity index (χ2v) is 5.35. The van der Waals surface area contributed by atoms with Crippen molar-refractivity contribution >= 4 is 6.16 Å². The normalized spacial score (nSPS) is 19.2. The summed E-state index contributed by atoms with van der Waals surface area (Å²) in [6.45, 7) is 0. The van der Waals surface area contributed by atoms with E-state index in [1.807, 2.05) is 0 Å². The van der Waals surface area contributed by atoms with Gasteiger partial charge in [0.15, 0.2) is 23.7 Å². The molecule has 2 aromatic carbocycles. The standard InChI is InChI=1S/C16H14O8/c17-8-4-11(19)9-6-14(24-16(21)22)15(23-13(9)5-8)7-1-2-10(18)12(20)3-7/h1-5,14-15,17-20H,6H2,(H,21,22)/t14-,15-/m1/s1. The molecule has 0 aromatic heterocycles. The monoisotopic (exact) mass is 334 g/mol. The fraction of sp³-hybridized carbons (Fsp3) is 0.188. The first-order chi connectivity index (χ1) is 11.3. The summed E-state index contributed by atoms with van der Waals surface area (Å²) in [6.07, 6.45) is -3.42. The van der Waals surface area contributed by atoms with Crippen molar-refractivity contribution in [2.45, 2.75) is 18.6 Å². The fourth-order valence-electron chi connectivity index (χ4n) is 2.68. The topological polar surface area (TPSA) is 137 Å². The summed E-state index contributed by atoms with van der Waals surface area (Å²) in [5.74, 6) is -1.00. The van der Waals surface area contributed by atoms with E-state index in [4.69, 9.17) is 14.6 Å².